The number of hydrogen-bond acceptors (Lipinski definition) is 0. The zero-order valence-electron chi connectivity index (χ0n) is 18.8. The minimum absolute atomic E-state index is 0. The highest BCUT2D eigenvalue weighted by atomic mass is 14.5. The molecule has 0 heterocycles. The van der Waals surface area contributed by atoms with Crippen molar-refractivity contribution in [2.45, 2.75) is 106 Å². The summed E-state index contributed by atoms with van der Waals surface area (Å²) >= 11 is 0. The Balaban J connectivity index is 0.00000392. The van der Waals surface area contributed by atoms with Crippen LogP contribution in [-0.2, 0) is 0 Å². The molecule has 2 rings (SSSR count). The molecule has 3 atom stereocenters. The van der Waals surface area contributed by atoms with Gasteiger partial charge in [0, 0.05) is 0 Å². The summed E-state index contributed by atoms with van der Waals surface area (Å²) in [6, 6.07) is 0. The summed E-state index contributed by atoms with van der Waals surface area (Å²) in [5, 5.41) is 0. The van der Waals surface area contributed by atoms with Crippen LogP contribution in [0.1, 0.15) is 106 Å². The molecule has 2 aliphatic rings. The van der Waals surface area contributed by atoms with Gasteiger partial charge in [0.25, 0.3) is 0 Å². The Labute approximate surface area is 177 Å². The van der Waals surface area contributed by atoms with Gasteiger partial charge in [-0.1, -0.05) is 90.5 Å². The summed E-state index contributed by atoms with van der Waals surface area (Å²) in [7, 11) is 0. The minimum Gasteiger partial charge on any atom is -0.0956 e. The lowest BCUT2D eigenvalue weighted by Gasteiger charge is -2.42. The minimum atomic E-state index is 0. The zero-order chi connectivity index (χ0) is 19.9. The van der Waals surface area contributed by atoms with Gasteiger partial charge >= 0.3 is 0 Å². The highest BCUT2D eigenvalue weighted by Gasteiger charge is 2.48. The van der Waals surface area contributed by atoms with Crippen molar-refractivity contribution in [1.82, 2.24) is 0 Å². The van der Waals surface area contributed by atoms with Crippen LogP contribution < -0.4 is 0 Å². The lowest BCUT2D eigenvalue weighted by molar-refractivity contribution is 0.137. The first kappa shape index (κ1) is 25.0. The topological polar surface area (TPSA) is 0 Å². The molecule has 28 heavy (non-hydrogen) atoms. The van der Waals surface area contributed by atoms with Gasteiger partial charge in [-0.3, -0.25) is 0 Å². The lowest BCUT2D eigenvalue weighted by Crippen LogP contribution is -2.33. The van der Waals surface area contributed by atoms with Crippen molar-refractivity contribution < 1.29 is 0 Å². The molecular weight excluding hydrogens is 336 g/mol. The van der Waals surface area contributed by atoms with Crippen LogP contribution in [0.5, 0.6) is 0 Å². The predicted octanol–water partition coefficient (Wildman–Crippen LogP) is 9.45. The molecule has 0 N–H and O–H groups in total. The van der Waals surface area contributed by atoms with Crippen LogP contribution in [0.15, 0.2) is 47.6 Å². The van der Waals surface area contributed by atoms with Crippen molar-refractivity contribution >= 4 is 0 Å². The van der Waals surface area contributed by atoms with Crippen molar-refractivity contribution in [3.63, 3.8) is 0 Å². The number of fused-ring (bicyclic) bond motifs is 1. The Morgan fingerprint density at radius 1 is 1.21 bits per heavy atom. The number of rotatable bonds is 9. The molecule has 0 nitrogen and oxygen atoms in total. The summed E-state index contributed by atoms with van der Waals surface area (Å²) in [5.74, 6) is 2.46. The largest absolute Gasteiger partial charge is 0.0956 e. The molecule has 0 aromatic rings. The van der Waals surface area contributed by atoms with Crippen LogP contribution in [0.4, 0.5) is 0 Å². The van der Waals surface area contributed by atoms with E-state index in [1.807, 2.05) is 0 Å². The van der Waals surface area contributed by atoms with Crippen molar-refractivity contribution in [1.29, 1.82) is 0 Å². The van der Waals surface area contributed by atoms with E-state index in [-0.39, 0.29) is 7.43 Å². The van der Waals surface area contributed by atoms with Crippen molar-refractivity contribution in [2.24, 2.45) is 23.2 Å². The molecule has 0 aromatic carbocycles. The Morgan fingerprint density at radius 2 is 1.96 bits per heavy atom. The van der Waals surface area contributed by atoms with Crippen LogP contribution in [-0.4, -0.2) is 0 Å². The smallest absolute Gasteiger partial charge is 0.0143 e. The van der Waals surface area contributed by atoms with E-state index in [9.17, 15) is 0 Å². The predicted molar refractivity (Wildman–Crippen MR) is 129 cm³/mol. The third-order valence-corrected chi connectivity index (χ3v) is 7.24. The normalized spacial score (nSPS) is 29.4. The van der Waals surface area contributed by atoms with Gasteiger partial charge in [-0.05, 0) is 86.5 Å². The number of allylic oxidation sites excluding steroid dienone is 7. The van der Waals surface area contributed by atoms with E-state index in [1.54, 1.807) is 5.57 Å². The molecule has 0 amide bonds. The first-order chi connectivity index (χ1) is 12.9. The van der Waals surface area contributed by atoms with Gasteiger partial charge in [0.2, 0.25) is 0 Å². The fraction of sp³-hybridized carbons (Fsp3) is 0.714. The Bertz CT molecular complexity index is 571. The molecule has 0 aliphatic heterocycles. The van der Waals surface area contributed by atoms with E-state index in [0.717, 1.165) is 30.6 Å². The van der Waals surface area contributed by atoms with Gasteiger partial charge in [-0.15, -0.1) is 0 Å². The average molecular weight is 385 g/mol. The van der Waals surface area contributed by atoms with Gasteiger partial charge in [-0.25, -0.2) is 0 Å². The Morgan fingerprint density at radius 3 is 2.61 bits per heavy atom. The van der Waals surface area contributed by atoms with E-state index in [4.69, 9.17) is 0 Å². The van der Waals surface area contributed by atoms with Crippen LogP contribution in [0.3, 0.4) is 0 Å². The van der Waals surface area contributed by atoms with Crippen LogP contribution in [0.25, 0.3) is 0 Å². The summed E-state index contributed by atoms with van der Waals surface area (Å²) in [6.45, 7) is 16.1. The quantitative estimate of drug-likeness (QED) is 0.274. The molecule has 2 aliphatic carbocycles. The maximum Gasteiger partial charge on any atom is -0.0143 e. The fourth-order valence-corrected chi connectivity index (χ4v) is 5.52. The molecule has 2 saturated carbocycles. The molecule has 0 saturated heterocycles. The molecule has 0 radical (unpaired) electrons. The van der Waals surface area contributed by atoms with Crippen molar-refractivity contribution in [3.8, 4) is 0 Å². The first-order valence-electron chi connectivity index (χ1n) is 11.6. The van der Waals surface area contributed by atoms with Gasteiger partial charge < -0.3 is 0 Å². The maximum absolute atomic E-state index is 4.32. The van der Waals surface area contributed by atoms with Crippen LogP contribution in [0.2, 0.25) is 0 Å². The van der Waals surface area contributed by atoms with Crippen LogP contribution >= 0.6 is 0 Å². The average Bonchev–Trinajstić information content (AvgIpc) is 2.96. The van der Waals surface area contributed by atoms with Gasteiger partial charge in [-0.2, -0.15) is 0 Å². The molecule has 0 heteroatoms. The molecule has 3 unspecified atom stereocenters. The molecular formula is C28H48. The third-order valence-electron chi connectivity index (χ3n) is 7.24. The van der Waals surface area contributed by atoms with Crippen LogP contribution in [0, 0.1) is 23.2 Å². The lowest BCUT2D eigenvalue weighted by atomic mass is 9.63. The maximum atomic E-state index is 4.32. The summed E-state index contributed by atoms with van der Waals surface area (Å²) in [5.41, 5.74) is 5.05. The highest BCUT2D eigenvalue weighted by Crippen LogP contribution is 2.58. The molecule has 0 bridgehead atoms. The van der Waals surface area contributed by atoms with Gasteiger partial charge in [0.15, 0.2) is 0 Å². The molecule has 0 aromatic heterocycles. The highest BCUT2D eigenvalue weighted by molar-refractivity contribution is 5.34. The monoisotopic (exact) mass is 384 g/mol. The SMILES string of the molecule is C.C=C(CCC)/C(=C\C=C1/CCCC2(C)C(C/C=C/CC(C)C)CCC12)CC. The van der Waals surface area contributed by atoms with E-state index < -0.39 is 0 Å². The standard InChI is InChI=1S/C27H44.CH4/c1-7-12-22(5)23(8-2)16-17-24-14-11-20-27(6)25(18-19-26(24)27)15-10-9-13-21(3)4;/h9-10,16-17,21,25-26H,5,7-8,11-15,18-20H2,1-4,6H3;1H4/b10-9+,23-16-,24-17+;. The summed E-state index contributed by atoms with van der Waals surface area (Å²) in [4.78, 5) is 0. The Kier molecular flexibility index (Phi) is 10.6. The Hall–Kier alpha value is -1.04. The first-order valence-corrected chi connectivity index (χ1v) is 11.6. The van der Waals surface area contributed by atoms with E-state index >= 15 is 0 Å². The molecule has 2 fully saturated rings. The van der Waals surface area contributed by atoms with E-state index in [2.05, 4.69) is 65.5 Å². The van der Waals surface area contributed by atoms with E-state index in [1.165, 1.54) is 62.5 Å². The second kappa shape index (κ2) is 11.8. The second-order valence-corrected chi connectivity index (χ2v) is 9.66. The van der Waals surface area contributed by atoms with Gasteiger partial charge in [0.05, 0.1) is 0 Å². The summed E-state index contributed by atoms with van der Waals surface area (Å²) in [6.07, 6.45) is 22.7. The second-order valence-electron chi connectivity index (χ2n) is 9.66. The van der Waals surface area contributed by atoms with E-state index in [0.29, 0.717) is 5.41 Å². The van der Waals surface area contributed by atoms with Crippen molar-refractivity contribution in [2.75, 3.05) is 0 Å². The zero-order valence-corrected chi connectivity index (χ0v) is 18.8. The molecule has 160 valence electrons. The summed E-state index contributed by atoms with van der Waals surface area (Å²) < 4.78 is 0. The fourth-order valence-electron chi connectivity index (χ4n) is 5.52. The third kappa shape index (κ3) is 6.23. The van der Waals surface area contributed by atoms with Crippen molar-refractivity contribution in [3.05, 3.63) is 47.6 Å². The molecule has 0 spiro atoms. The van der Waals surface area contributed by atoms with Gasteiger partial charge in [0.1, 0.15) is 0 Å². The number of hydrogen-bond donors (Lipinski definition) is 0.